The molecule has 312 valence electrons. The van der Waals surface area contributed by atoms with Gasteiger partial charge in [-0.25, -0.2) is 14.6 Å². The van der Waals surface area contributed by atoms with E-state index in [0.717, 1.165) is 96.5 Å². The highest BCUT2D eigenvalue weighted by Crippen LogP contribution is 2.43. The van der Waals surface area contributed by atoms with Gasteiger partial charge in [-0.05, 0) is 90.7 Å². The summed E-state index contributed by atoms with van der Waals surface area (Å²) in [5, 5.41) is 5.53. The fourth-order valence-corrected chi connectivity index (χ4v) is 9.54. The molecule has 8 rings (SSSR count). The maximum atomic E-state index is 14.1. The second-order valence-electron chi connectivity index (χ2n) is 16.5. The lowest BCUT2D eigenvalue weighted by Crippen LogP contribution is -2.52. The summed E-state index contributed by atoms with van der Waals surface area (Å²) in [4.78, 5) is 67.8. The van der Waals surface area contributed by atoms with E-state index in [1.807, 2.05) is 29.8 Å². The van der Waals surface area contributed by atoms with Crippen molar-refractivity contribution in [3.8, 4) is 33.6 Å². The fourth-order valence-electron chi connectivity index (χ4n) is 9.54. The number of likely N-dealkylation sites (tertiary alicyclic amines) is 2. The van der Waals surface area contributed by atoms with Crippen molar-refractivity contribution in [3.63, 3.8) is 0 Å². The molecule has 4 aromatic rings. The fraction of sp³-hybridized carbons (Fsp3) is 0.489. The third-order valence-corrected chi connectivity index (χ3v) is 12.7. The van der Waals surface area contributed by atoms with E-state index in [-0.39, 0.29) is 35.7 Å². The number of alkyl carbamates (subject to hydrolysis) is 2. The Morgan fingerprint density at radius 1 is 0.746 bits per heavy atom. The number of fused-ring (bicyclic) bond motifs is 1. The summed E-state index contributed by atoms with van der Waals surface area (Å²) in [6.07, 6.45) is 7.77. The number of methoxy groups -OCH3 is 2. The Kier molecular flexibility index (Phi) is 11.8. The van der Waals surface area contributed by atoms with Crippen LogP contribution in [0, 0.1) is 11.8 Å². The number of hydrogen-bond acceptors (Lipinski definition) is 8. The predicted octanol–water partition coefficient (Wildman–Crippen LogP) is 6.70. The molecule has 14 heteroatoms. The van der Waals surface area contributed by atoms with E-state index < -0.39 is 24.3 Å². The molecule has 14 nitrogen and oxygen atoms in total. The van der Waals surface area contributed by atoms with Crippen LogP contribution in [-0.4, -0.2) is 101 Å². The Balaban J connectivity index is 0.963. The maximum Gasteiger partial charge on any atom is 0.407 e. The first-order valence-electron chi connectivity index (χ1n) is 21.0. The van der Waals surface area contributed by atoms with Crippen molar-refractivity contribution in [2.24, 2.45) is 11.8 Å². The third kappa shape index (κ3) is 8.06. The number of benzene rings is 2. The Bertz CT molecular complexity index is 2150. The normalized spacial score (nSPS) is 21.1. The number of carbonyl (C=O) groups excluding carboxylic acids is 4. The minimum absolute atomic E-state index is 0.0711. The molecule has 4 amide bonds. The Labute approximate surface area is 344 Å². The molecule has 0 bridgehead atoms. The van der Waals surface area contributed by atoms with Crippen LogP contribution in [0.25, 0.3) is 33.6 Å². The molecular weight excluding hydrogens is 751 g/mol. The average molecular weight is 806 g/mol. The number of aromatic nitrogens is 3. The number of H-pyrrole nitrogens is 2. The van der Waals surface area contributed by atoms with Gasteiger partial charge in [0, 0.05) is 37.0 Å². The number of nitrogens with zero attached hydrogens (tertiary/aromatic N) is 3. The van der Waals surface area contributed by atoms with Gasteiger partial charge in [-0.2, -0.15) is 0 Å². The van der Waals surface area contributed by atoms with Gasteiger partial charge in [-0.3, -0.25) is 9.59 Å². The Morgan fingerprint density at radius 2 is 1.36 bits per heavy atom. The van der Waals surface area contributed by atoms with Gasteiger partial charge >= 0.3 is 12.2 Å². The van der Waals surface area contributed by atoms with Crippen LogP contribution >= 0.6 is 0 Å². The molecule has 0 radical (unpaired) electrons. The van der Waals surface area contributed by atoms with Crippen molar-refractivity contribution in [1.29, 1.82) is 0 Å². The molecule has 2 aromatic carbocycles. The molecule has 3 fully saturated rings. The van der Waals surface area contributed by atoms with Crippen LogP contribution in [-0.2, 0) is 36.6 Å². The summed E-state index contributed by atoms with van der Waals surface area (Å²) in [7, 11) is 2.61. The molecule has 3 aliphatic heterocycles. The van der Waals surface area contributed by atoms with Crippen LogP contribution in [0.15, 0.2) is 54.7 Å². The first-order chi connectivity index (χ1) is 28.6. The molecule has 5 heterocycles. The number of ether oxygens (including phenoxy) is 3. The zero-order valence-electron chi connectivity index (χ0n) is 34.3. The number of amides is 4. The summed E-state index contributed by atoms with van der Waals surface area (Å²) in [6.45, 7) is 6.08. The third-order valence-electron chi connectivity index (χ3n) is 12.7. The molecule has 4 aliphatic rings. The van der Waals surface area contributed by atoms with Gasteiger partial charge in [0.2, 0.25) is 11.8 Å². The molecule has 1 aliphatic carbocycles. The predicted molar refractivity (Wildman–Crippen MR) is 221 cm³/mol. The van der Waals surface area contributed by atoms with Crippen molar-refractivity contribution in [2.75, 3.05) is 40.5 Å². The van der Waals surface area contributed by atoms with Crippen molar-refractivity contribution in [2.45, 2.75) is 89.4 Å². The standard InChI is InChI=1S/C45H55N7O7/c1-26(2)37(49-44(55)57-3)42(53)52-22-7-11-36(52)41-46-24-34(47-41)29-16-12-27(13-17-29)28-14-18-30(19-15-28)38-32-8-5-9-33(32)40(48-38)35-10-6-21-51(35)43(54)39(50-45(56)58-4)31-20-23-59-25-31/h12-19,24,26,31,35-37,39,48H,5-11,20-23,25H2,1-4H3,(H,46,47)(H,49,55)(H,50,56)/t31?,35?,36-,37-,39?/m0/s1. The van der Waals surface area contributed by atoms with Gasteiger partial charge in [0.05, 0.1) is 44.8 Å². The van der Waals surface area contributed by atoms with Crippen LogP contribution in [0.4, 0.5) is 9.59 Å². The molecule has 3 saturated heterocycles. The molecule has 4 N–H and O–H groups in total. The van der Waals surface area contributed by atoms with Gasteiger partial charge in [0.1, 0.15) is 17.9 Å². The zero-order valence-corrected chi connectivity index (χ0v) is 34.3. The van der Waals surface area contributed by atoms with Crippen LogP contribution in [0.2, 0.25) is 0 Å². The van der Waals surface area contributed by atoms with E-state index in [1.165, 1.54) is 25.3 Å². The number of carbonyl (C=O) groups is 4. The molecule has 0 saturated carbocycles. The van der Waals surface area contributed by atoms with Gasteiger partial charge in [-0.1, -0.05) is 62.4 Å². The smallest absolute Gasteiger partial charge is 0.407 e. The van der Waals surface area contributed by atoms with Crippen molar-refractivity contribution in [1.82, 2.24) is 35.4 Å². The van der Waals surface area contributed by atoms with Crippen LogP contribution < -0.4 is 10.6 Å². The van der Waals surface area contributed by atoms with Gasteiger partial charge in [0.15, 0.2) is 0 Å². The van der Waals surface area contributed by atoms with E-state index in [9.17, 15) is 19.2 Å². The lowest BCUT2D eigenvalue weighted by molar-refractivity contribution is -0.136. The topological polar surface area (TPSA) is 171 Å². The van der Waals surface area contributed by atoms with Gasteiger partial charge in [0.25, 0.3) is 0 Å². The highest BCUT2D eigenvalue weighted by Gasteiger charge is 2.42. The highest BCUT2D eigenvalue weighted by molar-refractivity contribution is 5.87. The number of imidazole rings is 1. The van der Waals surface area contributed by atoms with Crippen LogP contribution in [0.1, 0.15) is 87.1 Å². The van der Waals surface area contributed by atoms with Crippen molar-refractivity contribution >= 4 is 24.0 Å². The lowest BCUT2D eigenvalue weighted by atomic mass is 9.96. The SMILES string of the molecule is COC(=O)NC(C(=O)N1CCCC1c1[nH]c(-c2ccc(-c3ccc(-c4cnc([C@@H]5CCCN5C(=O)[C@@H](NC(=O)OC)C(C)C)[nH]4)cc3)cc2)c2c1CCC2)C1CCOC1. The largest absolute Gasteiger partial charge is 0.453 e. The number of rotatable bonds is 11. The first-order valence-corrected chi connectivity index (χ1v) is 21.0. The van der Waals surface area contributed by atoms with E-state index in [4.69, 9.17) is 19.2 Å². The second kappa shape index (κ2) is 17.3. The zero-order chi connectivity index (χ0) is 41.2. The van der Waals surface area contributed by atoms with Crippen LogP contribution in [0.3, 0.4) is 0 Å². The average Bonchev–Trinajstić information content (AvgIpc) is 4.11. The summed E-state index contributed by atoms with van der Waals surface area (Å²) in [5.74, 6) is 0.337. The van der Waals surface area contributed by atoms with Gasteiger partial charge in [-0.15, -0.1) is 0 Å². The molecule has 5 atom stereocenters. The lowest BCUT2D eigenvalue weighted by Gasteiger charge is -2.31. The van der Waals surface area contributed by atoms with E-state index in [1.54, 1.807) is 0 Å². The van der Waals surface area contributed by atoms with Crippen LogP contribution in [0.5, 0.6) is 0 Å². The van der Waals surface area contributed by atoms with E-state index in [2.05, 4.69) is 69.1 Å². The summed E-state index contributed by atoms with van der Waals surface area (Å²) >= 11 is 0. The number of aromatic amines is 2. The molecule has 2 aromatic heterocycles. The Morgan fingerprint density at radius 3 is 2.00 bits per heavy atom. The highest BCUT2D eigenvalue weighted by atomic mass is 16.5. The quantitative estimate of drug-likeness (QED) is 0.130. The summed E-state index contributed by atoms with van der Waals surface area (Å²) < 4.78 is 15.3. The van der Waals surface area contributed by atoms with Gasteiger partial charge < -0.3 is 44.6 Å². The number of hydrogen-bond donors (Lipinski definition) is 4. The van der Waals surface area contributed by atoms with E-state index >= 15 is 0 Å². The Hall–Kier alpha value is -5.63. The molecule has 3 unspecified atom stereocenters. The summed E-state index contributed by atoms with van der Waals surface area (Å²) in [5.41, 5.74) is 10.1. The molecule has 0 spiro atoms. The number of nitrogens with one attached hydrogen (secondary N) is 4. The second-order valence-corrected chi connectivity index (χ2v) is 16.5. The monoisotopic (exact) mass is 805 g/mol. The van der Waals surface area contributed by atoms with Crippen molar-refractivity contribution < 1.29 is 33.4 Å². The summed E-state index contributed by atoms with van der Waals surface area (Å²) in [6, 6.07) is 15.4. The van der Waals surface area contributed by atoms with E-state index in [0.29, 0.717) is 26.3 Å². The minimum atomic E-state index is -0.686. The first kappa shape index (κ1) is 40.2. The minimum Gasteiger partial charge on any atom is -0.453 e. The molecular formula is C45H55N7O7. The molecule has 59 heavy (non-hydrogen) atoms. The van der Waals surface area contributed by atoms with Crippen molar-refractivity contribution in [3.05, 3.63) is 77.4 Å². The maximum absolute atomic E-state index is 14.1.